The van der Waals surface area contributed by atoms with Gasteiger partial charge in [-0.3, -0.25) is 4.79 Å². The summed E-state index contributed by atoms with van der Waals surface area (Å²) in [5.41, 5.74) is -0.300. The maximum atomic E-state index is 14.3. The third-order valence-corrected chi connectivity index (χ3v) is 17.4. The highest BCUT2D eigenvalue weighted by Gasteiger charge is 2.70. The number of phosphoric ester groups is 1. The molecule has 1 saturated heterocycles. The van der Waals surface area contributed by atoms with Crippen molar-refractivity contribution in [2.45, 2.75) is 174 Å². The van der Waals surface area contributed by atoms with Crippen LogP contribution in [0.1, 0.15) is 126 Å². The zero-order chi connectivity index (χ0) is 40.4. The number of phosphoric acid groups is 1. The zero-order valence-electron chi connectivity index (χ0n) is 34.7. The second-order valence-corrected chi connectivity index (χ2v) is 23.5. The lowest BCUT2D eigenvalue weighted by Crippen LogP contribution is -2.76. The van der Waals surface area contributed by atoms with Crippen LogP contribution in [0.4, 0.5) is 0 Å². The molecule has 10 nitrogen and oxygen atoms in total. The summed E-state index contributed by atoms with van der Waals surface area (Å²) >= 11 is 0. The Labute approximate surface area is 326 Å². The van der Waals surface area contributed by atoms with Crippen LogP contribution in [0.25, 0.3) is 0 Å². The van der Waals surface area contributed by atoms with E-state index >= 15 is 0 Å². The molecule has 2 N–H and O–H groups in total. The maximum Gasteiger partial charge on any atom is 0.472 e. The summed E-state index contributed by atoms with van der Waals surface area (Å²) in [6, 6.07) is 19.4. The first kappa shape index (κ1) is 46.5. The van der Waals surface area contributed by atoms with Crippen molar-refractivity contribution in [1.82, 2.24) is 0 Å². The molecule has 54 heavy (non-hydrogen) atoms. The molecule has 306 valence electrons. The van der Waals surface area contributed by atoms with Crippen LogP contribution in [0.15, 0.2) is 60.7 Å². The number of esters is 1. The summed E-state index contributed by atoms with van der Waals surface area (Å²) in [6.45, 7) is 22.8. The monoisotopic (exact) mass is 792 g/mol. The minimum atomic E-state index is -5.29. The van der Waals surface area contributed by atoms with Crippen LogP contribution in [0.2, 0.25) is 16.6 Å². The van der Waals surface area contributed by atoms with Gasteiger partial charge in [0.2, 0.25) is 5.79 Å². The molecule has 2 aromatic rings. The van der Waals surface area contributed by atoms with Crippen molar-refractivity contribution in [3.63, 3.8) is 0 Å². The number of benzene rings is 2. The first-order chi connectivity index (χ1) is 25.3. The van der Waals surface area contributed by atoms with Crippen molar-refractivity contribution in [3.05, 3.63) is 71.8 Å². The van der Waals surface area contributed by atoms with Gasteiger partial charge in [0.1, 0.15) is 18.3 Å². The summed E-state index contributed by atoms with van der Waals surface area (Å²) in [4.78, 5) is 35.7. The number of carbonyl (C=O) groups excluding carboxylic acids is 1. The van der Waals surface area contributed by atoms with Gasteiger partial charge in [-0.2, -0.15) is 0 Å². The molecule has 0 saturated carbocycles. The van der Waals surface area contributed by atoms with Crippen LogP contribution < -0.4 is 0 Å². The summed E-state index contributed by atoms with van der Waals surface area (Å²) in [5, 5.41) is 0. The van der Waals surface area contributed by atoms with E-state index in [2.05, 4.69) is 41.5 Å². The summed E-state index contributed by atoms with van der Waals surface area (Å²) in [7, 11) is -7.80. The second kappa shape index (κ2) is 20.0. The predicted molar refractivity (Wildman–Crippen MR) is 215 cm³/mol. The fourth-order valence-electron chi connectivity index (χ4n) is 8.19. The number of carbonyl (C=O) groups is 1. The molecule has 1 fully saturated rings. The molecule has 5 atom stereocenters. The van der Waals surface area contributed by atoms with E-state index in [1.807, 2.05) is 74.5 Å². The van der Waals surface area contributed by atoms with E-state index < -0.39 is 57.2 Å². The molecule has 1 heterocycles. The highest BCUT2D eigenvalue weighted by molar-refractivity contribution is 7.46. The molecule has 1 aliphatic heterocycles. The van der Waals surface area contributed by atoms with Crippen LogP contribution in [-0.2, 0) is 50.5 Å². The molecular weight excluding hydrogens is 724 g/mol. The molecule has 2 aromatic carbocycles. The molecule has 0 unspecified atom stereocenters. The largest absolute Gasteiger partial charge is 0.472 e. The first-order valence-electron chi connectivity index (χ1n) is 19.9. The molecule has 0 radical (unpaired) electrons. The Morgan fingerprint density at radius 3 is 1.74 bits per heavy atom. The zero-order valence-corrected chi connectivity index (χ0v) is 36.6. The Bertz CT molecular complexity index is 1440. The first-order valence-corrected chi connectivity index (χ1v) is 23.6. The molecule has 0 amide bonds. The average molecular weight is 793 g/mol. The highest BCUT2D eigenvalue weighted by Crippen LogP contribution is 2.57. The van der Waals surface area contributed by atoms with Crippen molar-refractivity contribution in [2.24, 2.45) is 5.41 Å². The lowest BCUT2D eigenvalue weighted by Gasteiger charge is -2.59. The van der Waals surface area contributed by atoms with E-state index in [1.165, 1.54) is 0 Å². The normalized spacial score (nSPS) is 24.0. The molecule has 1 aliphatic rings. The molecule has 0 bridgehead atoms. The molecule has 12 heteroatoms. The molecule has 3 rings (SSSR count). The van der Waals surface area contributed by atoms with Gasteiger partial charge in [0.05, 0.1) is 25.2 Å². The fourth-order valence-corrected chi connectivity index (χ4v) is 14.3. The number of unbranched alkanes of at least 4 members (excludes halogenated alkanes) is 2. The second-order valence-electron chi connectivity index (χ2n) is 16.8. The number of hydrogen-bond donors (Lipinski definition) is 2. The standard InChI is InChI=1S/C42H69O10PSi/c1-12-14-26-41(51-39(43)40(9,10)11)38(48-29-35-24-20-17-21-25-35)37(47-28-34-22-18-16-19-23-34)36(30-49-54(31(3)4,32(5)6)33(7)8)50-42(41,27-15-13-2)52-53(44,45)46/h16-25,31-33,36-38H,12-15,26-30H2,1-11H3,(H2,44,45,46)/t36-,37-,38+,41-,42+/m1/s1. The van der Waals surface area contributed by atoms with Gasteiger partial charge >= 0.3 is 13.8 Å². The van der Waals surface area contributed by atoms with Gasteiger partial charge in [-0.05, 0) is 67.8 Å². The van der Waals surface area contributed by atoms with Gasteiger partial charge in [-0.1, -0.05) is 129 Å². The van der Waals surface area contributed by atoms with Gasteiger partial charge in [0.25, 0.3) is 0 Å². The van der Waals surface area contributed by atoms with Gasteiger partial charge in [0, 0.05) is 6.42 Å². The third-order valence-electron chi connectivity index (χ3n) is 10.8. The maximum absolute atomic E-state index is 14.3. The van der Waals surface area contributed by atoms with E-state index in [4.69, 9.17) is 27.9 Å². The van der Waals surface area contributed by atoms with E-state index in [-0.39, 0.29) is 49.3 Å². The summed E-state index contributed by atoms with van der Waals surface area (Å²) in [5.74, 6) is -2.70. The topological polar surface area (TPSA) is 130 Å². The van der Waals surface area contributed by atoms with Gasteiger partial charge in [-0.25, -0.2) is 9.09 Å². The lowest BCUT2D eigenvalue weighted by atomic mass is 9.73. The van der Waals surface area contributed by atoms with Crippen molar-refractivity contribution in [2.75, 3.05) is 6.61 Å². The average Bonchev–Trinajstić information content (AvgIpc) is 3.09. The Morgan fingerprint density at radius 1 is 0.815 bits per heavy atom. The van der Waals surface area contributed by atoms with Crippen LogP contribution in [-0.4, -0.2) is 60.4 Å². The predicted octanol–water partition coefficient (Wildman–Crippen LogP) is 10.3. The van der Waals surface area contributed by atoms with Crippen molar-refractivity contribution in [1.29, 1.82) is 0 Å². The summed E-state index contributed by atoms with van der Waals surface area (Å²) in [6.07, 6.45) is -0.470. The Balaban J connectivity index is 2.42. The van der Waals surface area contributed by atoms with Crippen LogP contribution >= 0.6 is 7.82 Å². The van der Waals surface area contributed by atoms with Crippen LogP contribution in [0.5, 0.6) is 0 Å². The minimum Gasteiger partial charge on any atom is -0.450 e. The van der Waals surface area contributed by atoms with Gasteiger partial charge in [-0.15, -0.1) is 0 Å². The van der Waals surface area contributed by atoms with Crippen LogP contribution in [0.3, 0.4) is 0 Å². The number of hydrogen-bond acceptors (Lipinski definition) is 8. The fraction of sp³-hybridized carbons (Fsp3) is 0.690. The number of ether oxygens (including phenoxy) is 4. The number of rotatable bonds is 21. The van der Waals surface area contributed by atoms with E-state index in [0.29, 0.717) is 25.7 Å². The Hall–Kier alpha value is -1.92. The minimum absolute atomic E-state index is 0.0178. The summed E-state index contributed by atoms with van der Waals surface area (Å²) < 4.78 is 54.1. The van der Waals surface area contributed by atoms with E-state index in [0.717, 1.165) is 11.1 Å². The van der Waals surface area contributed by atoms with E-state index in [1.54, 1.807) is 20.8 Å². The highest BCUT2D eigenvalue weighted by atomic mass is 31.2. The quantitative estimate of drug-likeness (QED) is 0.0716. The lowest BCUT2D eigenvalue weighted by molar-refractivity contribution is -0.396. The van der Waals surface area contributed by atoms with Crippen molar-refractivity contribution in [3.8, 4) is 0 Å². The van der Waals surface area contributed by atoms with Crippen molar-refractivity contribution >= 4 is 22.1 Å². The van der Waals surface area contributed by atoms with Gasteiger partial charge < -0.3 is 33.2 Å². The smallest absolute Gasteiger partial charge is 0.450 e. The van der Waals surface area contributed by atoms with Gasteiger partial charge in [0.15, 0.2) is 13.9 Å². The molecular formula is C42H69O10PSi. The van der Waals surface area contributed by atoms with Crippen molar-refractivity contribution < 1.29 is 47.0 Å². The third kappa shape index (κ3) is 11.4. The molecule has 0 aliphatic carbocycles. The Morgan fingerprint density at radius 2 is 1.30 bits per heavy atom. The Kier molecular flexibility index (Phi) is 17.2. The molecule has 0 aromatic heterocycles. The SMILES string of the molecule is CCCC[C@@]1(OP(=O)(O)O)O[C@H](CO[Si](C(C)C)(C(C)C)C(C)C)[C@@H](OCc2ccccc2)[C@H](OCc2ccccc2)[C@@]1(CCCC)OC(=O)C(C)(C)C. The van der Waals surface area contributed by atoms with Crippen LogP contribution in [0, 0.1) is 5.41 Å². The van der Waals surface area contributed by atoms with E-state index in [9.17, 15) is 19.1 Å². The molecule has 0 spiro atoms.